The number of carbonyl (C=O) groups excluding carboxylic acids is 1. The van der Waals surface area contributed by atoms with Gasteiger partial charge in [-0.3, -0.25) is 9.52 Å². The number of aryl methyl sites for hydroxylation is 1. The van der Waals surface area contributed by atoms with Crippen LogP contribution in [0.25, 0.3) is 0 Å². The van der Waals surface area contributed by atoms with Crippen LogP contribution in [0.1, 0.15) is 43.1 Å². The molecule has 8 heteroatoms. The number of aromatic nitrogens is 2. The van der Waals surface area contributed by atoms with Gasteiger partial charge in [0.1, 0.15) is 6.04 Å². The Morgan fingerprint density at radius 3 is 3.00 bits per heavy atom. The number of fused-ring (bicyclic) bond motifs is 4. The third kappa shape index (κ3) is 1.98. The second kappa shape index (κ2) is 5.03. The van der Waals surface area contributed by atoms with Crippen LogP contribution in [0.3, 0.4) is 0 Å². The Balaban J connectivity index is 1.96. The van der Waals surface area contributed by atoms with Crippen LogP contribution in [0.2, 0.25) is 0 Å². The standard InChI is InChI=1S/C13H18N4O4/c1-3-4-5-21-17-9-7-16(13(17)20)11(12(18)19)10-8(9)6-14-15(10)2/h6,9,11H,3-5,7H2,1-2H3,(H,18,19). The van der Waals surface area contributed by atoms with E-state index in [1.54, 1.807) is 13.2 Å². The highest BCUT2D eigenvalue weighted by Gasteiger charge is 2.52. The van der Waals surface area contributed by atoms with Gasteiger partial charge in [0.2, 0.25) is 0 Å². The number of hydroxylamine groups is 2. The topological polar surface area (TPSA) is 87.9 Å². The molecule has 3 rings (SSSR count). The van der Waals surface area contributed by atoms with Gasteiger partial charge in [-0.2, -0.15) is 10.2 Å². The maximum absolute atomic E-state index is 12.4. The molecule has 2 unspecified atom stereocenters. The first-order valence-corrected chi connectivity index (χ1v) is 7.03. The van der Waals surface area contributed by atoms with Crippen molar-refractivity contribution in [2.45, 2.75) is 31.8 Å². The molecule has 21 heavy (non-hydrogen) atoms. The molecule has 2 bridgehead atoms. The number of aliphatic carboxylic acids is 1. The Morgan fingerprint density at radius 2 is 2.33 bits per heavy atom. The zero-order valence-electron chi connectivity index (χ0n) is 12.0. The maximum atomic E-state index is 12.4. The van der Waals surface area contributed by atoms with Crippen LogP contribution in [0.5, 0.6) is 0 Å². The first-order chi connectivity index (χ1) is 10.1. The lowest BCUT2D eigenvalue weighted by Crippen LogP contribution is -2.39. The fourth-order valence-corrected chi connectivity index (χ4v) is 2.94. The number of rotatable bonds is 5. The average molecular weight is 294 g/mol. The summed E-state index contributed by atoms with van der Waals surface area (Å²) < 4.78 is 1.52. The molecule has 0 saturated carbocycles. The van der Waals surface area contributed by atoms with Crippen LogP contribution in [0.4, 0.5) is 4.79 Å². The predicted octanol–water partition coefficient (Wildman–Crippen LogP) is 1.07. The Labute approximate surface area is 121 Å². The minimum Gasteiger partial charge on any atom is -0.479 e. The Morgan fingerprint density at radius 1 is 1.57 bits per heavy atom. The number of carbonyl (C=O) groups is 2. The van der Waals surface area contributed by atoms with Gasteiger partial charge < -0.3 is 10.0 Å². The second-order valence-corrected chi connectivity index (χ2v) is 5.31. The van der Waals surface area contributed by atoms with Gasteiger partial charge in [-0.1, -0.05) is 13.3 Å². The van der Waals surface area contributed by atoms with Gasteiger partial charge in [-0.25, -0.2) is 9.59 Å². The fraction of sp³-hybridized carbons (Fsp3) is 0.615. The van der Waals surface area contributed by atoms with Crippen LogP contribution in [0.15, 0.2) is 6.20 Å². The third-order valence-corrected chi connectivity index (χ3v) is 3.99. The summed E-state index contributed by atoms with van der Waals surface area (Å²) >= 11 is 0. The highest BCUT2D eigenvalue weighted by atomic mass is 16.7. The van der Waals surface area contributed by atoms with Crippen molar-refractivity contribution in [3.63, 3.8) is 0 Å². The van der Waals surface area contributed by atoms with Crippen molar-refractivity contribution in [3.8, 4) is 0 Å². The van der Waals surface area contributed by atoms with E-state index in [-0.39, 0.29) is 12.1 Å². The van der Waals surface area contributed by atoms with Crippen LogP contribution in [0, 0.1) is 0 Å². The molecule has 3 heterocycles. The van der Waals surface area contributed by atoms with Gasteiger partial charge in [0.05, 0.1) is 25.0 Å². The van der Waals surface area contributed by atoms with Gasteiger partial charge in [0, 0.05) is 12.6 Å². The van der Waals surface area contributed by atoms with Crippen molar-refractivity contribution < 1.29 is 19.5 Å². The van der Waals surface area contributed by atoms with Crippen LogP contribution in [-0.2, 0) is 16.7 Å². The van der Waals surface area contributed by atoms with Crippen LogP contribution < -0.4 is 0 Å². The number of amides is 2. The highest BCUT2D eigenvalue weighted by Crippen LogP contribution is 2.43. The number of urea groups is 1. The lowest BCUT2D eigenvalue weighted by atomic mass is 9.98. The molecule has 0 radical (unpaired) electrons. The number of unbranched alkanes of at least 4 members (excludes halogenated alkanes) is 1. The van der Waals surface area contributed by atoms with E-state index in [4.69, 9.17) is 4.84 Å². The zero-order chi connectivity index (χ0) is 15.1. The molecule has 1 N–H and O–H groups in total. The van der Waals surface area contributed by atoms with E-state index >= 15 is 0 Å². The summed E-state index contributed by atoms with van der Waals surface area (Å²) in [6.07, 6.45) is 3.44. The van der Waals surface area contributed by atoms with Gasteiger partial charge in [0.25, 0.3) is 0 Å². The molecule has 114 valence electrons. The molecule has 0 aliphatic carbocycles. The van der Waals surface area contributed by atoms with Crippen molar-refractivity contribution in [1.82, 2.24) is 19.7 Å². The number of hydrogen-bond donors (Lipinski definition) is 1. The monoisotopic (exact) mass is 294 g/mol. The number of nitrogens with zero attached hydrogens (tertiary/aromatic N) is 4. The van der Waals surface area contributed by atoms with E-state index < -0.39 is 12.0 Å². The fourth-order valence-electron chi connectivity index (χ4n) is 2.94. The molecule has 2 atom stereocenters. The van der Waals surface area contributed by atoms with E-state index in [2.05, 4.69) is 5.10 Å². The molecular weight excluding hydrogens is 276 g/mol. The predicted molar refractivity (Wildman–Crippen MR) is 71.1 cm³/mol. The van der Waals surface area contributed by atoms with Gasteiger partial charge in [-0.05, 0) is 6.42 Å². The van der Waals surface area contributed by atoms with Crippen LogP contribution in [-0.4, -0.2) is 50.0 Å². The van der Waals surface area contributed by atoms with Gasteiger partial charge in [0.15, 0.2) is 6.04 Å². The Kier molecular flexibility index (Phi) is 3.32. The molecule has 0 aromatic carbocycles. The van der Waals surface area contributed by atoms with E-state index in [1.807, 2.05) is 6.92 Å². The number of carboxylic acids is 1. The number of hydrogen-bond acceptors (Lipinski definition) is 4. The zero-order valence-corrected chi connectivity index (χ0v) is 12.0. The second-order valence-electron chi connectivity index (χ2n) is 5.31. The highest BCUT2D eigenvalue weighted by molar-refractivity contribution is 5.86. The summed E-state index contributed by atoms with van der Waals surface area (Å²) in [5.74, 6) is -1.05. The lowest BCUT2D eigenvalue weighted by molar-refractivity contribution is -0.142. The smallest absolute Gasteiger partial charge is 0.345 e. The van der Waals surface area contributed by atoms with E-state index in [0.29, 0.717) is 18.8 Å². The normalized spacial score (nSPS) is 23.6. The molecule has 2 aliphatic heterocycles. The molecule has 1 fully saturated rings. The first kappa shape index (κ1) is 13.9. The lowest BCUT2D eigenvalue weighted by Gasteiger charge is -2.27. The summed E-state index contributed by atoms with van der Waals surface area (Å²) in [7, 11) is 1.69. The van der Waals surface area contributed by atoms with Crippen molar-refractivity contribution in [2.24, 2.45) is 7.05 Å². The maximum Gasteiger partial charge on any atom is 0.345 e. The molecule has 8 nitrogen and oxygen atoms in total. The molecule has 2 amide bonds. The third-order valence-electron chi connectivity index (χ3n) is 3.99. The Hall–Kier alpha value is -2.09. The summed E-state index contributed by atoms with van der Waals surface area (Å²) in [5, 5.41) is 14.9. The molecule has 1 aromatic rings. The van der Waals surface area contributed by atoms with Crippen molar-refractivity contribution in [1.29, 1.82) is 0 Å². The minimum absolute atomic E-state index is 0.284. The van der Waals surface area contributed by atoms with Crippen molar-refractivity contribution in [2.75, 3.05) is 13.2 Å². The summed E-state index contributed by atoms with van der Waals surface area (Å²) in [4.78, 5) is 30.9. The van der Waals surface area contributed by atoms with Gasteiger partial charge >= 0.3 is 12.0 Å². The first-order valence-electron chi connectivity index (χ1n) is 7.03. The largest absolute Gasteiger partial charge is 0.479 e. The number of carboxylic acid groups (broad SMARTS) is 1. The summed E-state index contributed by atoms with van der Waals surface area (Å²) in [6.45, 7) is 2.80. The van der Waals surface area contributed by atoms with E-state index in [1.165, 1.54) is 14.6 Å². The quantitative estimate of drug-likeness (QED) is 0.821. The van der Waals surface area contributed by atoms with E-state index in [0.717, 1.165) is 18.4 Å². The molecule has 0 spiro atoms. The van der Waals surface area contributed by atoms with Crippen molar-refractivity contribution in [3.05, 3.63) is 17.5 Å². The van der Waals surface area contributed by atoms with E-state index in [9.17, 15) is 14.7 Å². The molecule has 2 aliphatic rings. The minimum atomic E-state index is -1.05. The van der Waals surface area contributed by atoms with Crippen LogP contribution >= 0.6 is 0 Å². The Bertz CT molecular complexity index is 585. The summed E-state index contributed by atoms with van der Waals surface area (Å²) in [6, 6.07) is -1.68. The average Bonchev–Trinajstić information content (AvgIpc) is 2.95. The summed E-state index contributed by atoms with van der Waals surface area (Å²) in [5.41, 5.74) is 1.30. The van der Waals surface area contributed by atoms with Crippen molar-refractivity contribution >= 4 is 12.0 Å². The molecule has 1 aromatic heterocycles. The molecule has 1 saturated heterocycles. The molecular formula is C13H18N4O4. The van der Waals surface area contributed by atoms with Gasteiger partial charge in [-0.15, -0.1) is 0 Å². The SMILES string of the molecule is CCCCON1C(=O)N2CC1c1cnn(C)c1C2C(=O)O.